The first-order chi connectivity index (χ1) is 5.41. The lowest BCUT2D eigenvalue weighted by Gasteiger charge is -2.44. The highest BCUT2D eigenvalue weighted by Gasteiger charge is 2.37. The first kappa shape index (κ1) is 8.79. The van der Waals surface area contributed by atoms with Crippen LogP contribution in [0.3, 0.4) is 0 Å². The fraction of sp³-hybridized carbons (Fsp3) is 0.667. The van der Waals surface area contributed by atoms with Gasteiger partial charge in [-0.3, -0.25) is 5.41 Å². The van der Waals surface area contributed by atoms with E-state index >= 15 is 0 Å². The van der Waals surface area contributed by atoms with E-state index < -0.39 is 5.60 Å². The fourth-order valence-electron chi connectivity index (χ4n) is 1.12. The number of guanidine groups is 2. The summed E-state index contributed by atoms with van der Waals surface area (Å²) < 4.78 is 0. The smallest absolute Gasteiger partial charge is 0.221 e. The molecule has 0 aromatic rings. The summed E-state index contributed by atoms with van der Waals surface area (Å²) in [4.78, 5) is 5.12. The summed E-state index contributed by atoms with van der Waals surface area (Å²) in [6.45, 7) is 2.51. The monoisotopic (exact) mass is 171 g/mol. The molecule has 6 heteroatoms. The van der Waals surface area contributed by atoms with E-state index in [4.69, 9.17) is 16.9 Å². The van der Waals surface area contributed by atoms with Crippen LogP contribution in [0.2, 0.25) is 0 Å². The molecule has 12 heavy (non-hydrogen) atoms. The molecule has 1 saturated heterocycles. The molecular formula is C6H13N5O. The van der Waals surface area contributed by atoms with Crippen molar-refractivity contribution >= 4 is 11.9 Å². The van der Waals surface area contributed by atoms with Crippen LogP contribution in [-0.4, -0.2) is 40.6 Å². The number of rotatable bonds is 0. The minimum absolute atomic E-state index is 0.00141. The van der Waals surface area contributed by atoms with E-state index in [1.54, 1.807) is 11.8 Å². The van der Waals surface area contributed by atoms with Crippen molar-refractivity contribution in [2.45, 2.75) is 12.5 Å². The van der Waals surface area contributed by atoms with Gasteiger partial charge in [-0.25, -0.2) is 0 Å². The van der Waals surface area contributed by atoms with Crippen LogP contribution >= 0.6 is 0 Å². The molecule has 0 bridgehead atoms. The number of likely N-dealkylation sites (tertiary alicyclic amines) is 1. The molecule has 1 heterocycles. The van der Waals surface area contributed by atoms with Crippen molar-refractivity contribution in [2.24, 2.45) is 16.5 Å². The number of β-amino-alcohol motifs (C(OH)–C–C–N with tert-alkyl or cyclic N) is 1. The average Bonchev–Trinajstić information content (AvgIpc) is 1.80. The standard InChI is InChI=1S/C6H13N5O/c1-6(12)2-11(3-6)5(9)10-4(7)8/h12H,2-3H2,1H3,(H5,7,8,9,10). The summed E-state index contributed by atoms with van der Waals surface area (Å²) in [5.74, 6) is -0.131. The minimum atomic E-state index is -0.703. The average molecular weight is 171 g/mol. The van der Waals surface area contributed by atoms with Gasteiger partial charge >= 0.3 is 0 Å². The Morgan fingerprint density at radius 3 is 2.42 bits per heavy atom. The van der Waals surface area contributed by atoms with Crippen LogP contribution < -0.4 is 11.5 Å². The molecule has 68 valence electrons. The highest BCUT2D eigenvalue weighted by Crippen LogP contribution is 2.19. The van der Waals surface area contributed by atoms with Gasteiger partial charge in [0.05, 0.1) is 18.7 Å². The van der Waals surface area contributed by atoms with Gasteiger partial charge in [-0.05, 0) is 6.92 Å². The van der Waals surface area contributed by atoms with Crippen molar-refractivity contribution in [1.29, 1.82) is 5.41 Å². The molecule has 0 saturated carbocycles. The Balaban J connectivity index is 2.44. The molecule has 0 aromatic heterocycles. The molecule has 0 aliphatic carbocycles. The largest absolute Gasteiger partial charge is 0.386 e. The van der Waals surface area contributed by atoms with Gasteiger partial charge in [0.1, 0.15) is 0 Å². The van der Waals surface area contributed by atoms with Crippen molar-refractivity contribution in [2.75, 3.05) is 13.1 Å². The number of nitrogens with zero attached hydrogens (tertiary/aromatic N) is 2. The van der Waals surface area contributed by atoms with E-state index in [1.165, 1.54) is 0 Å². The molecule has 1 fully saturated rings. The Bertz CT molecular complexity index is 222. The number of hydrogen-bond donors (Lipinski definition) is 4. The Morgan fingerprint density at radius 1 is 1.58 bits per heavy atom. The van der Waals surface area contributed by atoms with Crippen molar-refractivity contribution in [3.8, 4) is 0 Å². The third-order valence-electron chi connectivity index (χ3n) is 1.60. The van der Waals surface area contributed by atoms with Crippen molar-refractivity contribution in [3.63, 3.8) is 0 Å². The van der Waals surface area contributed by atoms with Gasteiger partial charge in [0, 0.05) is 0 Å². The lowest BCUT2D eigenvalue weighted by Crippen LogP contribution is -2.61. The summed E-state index contributed by atoms with van der Waals surface area (Å²) >= 11 is 0. The second-order valence-corrected chi connectivity index (χ2v) is 3.21. The quantitative estimate of drug-likeness (QED) is 0.256. The van der Waals surface area contributed by atoms with E-state index in [2.05, 4.69) is 4.99 Å². The topological polar surface area (TPSA) is 112 Å². The Kier molecular flexibility index (Phi) is 1.93. The van der Waals surface area contributed by atoms with Gasteiger partial charge in [-0.2, -0.15) is 4.99 Å². The zero-order valence-electron chi connectivity index (χ0n) is 6.91. The molecule has 6 N–H and O–H groups in total. The van der Waals surface area contributed by atoms with Gasteiger partial charge in [0.25, 0.3) is 0 Å². The second-order valence-electron chi connectivity index (χ2n) is 3.21. The van der Waals surface area contributed by atoms with Gasteiger partial charge in [-0.1, -0.05) is 0 Å². The first-order valence-electron chi connectivity index (χ1n) is 3.56. The third kappa shape index (κ3) is 1.85. The molecule has 1 aliphatic heterocycles. The second kappa shape index (κ2) is 2.63. The van der Waals surface area contributed by atoms with E-state index in [0.29, 0.717) is 13.1 Å². The van der Waals surface area contributed by atoms with Crippen LogP contribution in [0.15, 0.2) is 4.99 Å². The lowest BCUT2D eigenvalue weighted by atomic mass is 9.98. The molecule has 0 atom stereocenters. The van der Waals surface area contributed by atoms with E-state index in [-0.39, 0.29) is 11.9 Å². The molecule has 0 radical (unpaired) electrons. The number of nitrogens with one attached hydrogen (secondary N) is 1. The first-order valence-corrected chi connectivity index (χ1v) is 3.56. The van der Waals surface area contributed by atoms with Gasteiger partial charge in [-0.15, -0.1) is 0 Å². The maximum Gasteiger partial charge on any atom is 0.221 e. The number of aliphatic imine (C=N–C) groups is 1. The highest BCUT2D eigenvalue weighted by molar-refractivity contribution is 5.92. The molecule has 1 aliphatic rings. The summed E-state index contributed by atoms with van der Waals surface area (Å²) in [6.07, 6.45) is 0. The maximum atomic E-state index is 9.32. The number of aliphatic hydroxyl groups is 1. The minimum Gasteiger partial charge on any atom is -0.386 e. The Hall–Kier alpha value is -1.30. The predicted octanol–water partition coefficient (Wildman–Crippen LogP) is -1.74. The fourth-order valence-corrected chi connectivity index (χ4v) is 1.12. The van der Waals surface area contributed by atoms with Gasteiger partial charge < -0.3 is 21.5 Å². The molecule has 0 amide bonds. The zero-order valence-corrected chi connectivity index (χ0v) is 6.91. The molecule has 0 aromatic carbocycles. The summed E-state index contributed by atoms with van der Waals surface area (Å²) in [6, 6.07) is 0. The molecular weight excluding hydrogens is 158 g/mol. The third-order valence-corrected chi connectivity index (χ3v) is 1.60. The van der Waals surface area contributed by atoms with Crippen LogP contribution in [-0.2, 0) is 0 Å². The normalized spacial score (nSPS) is 19.7. The van der Waals surface area contributed by atoms with E-state index in [0.717, 1.165) is 0 Å². The molecule has 0 spiro atoms. The Labute approximate surface area is 70.4 Å². The predicted molar refractivity (Wildman–Crippen MR) is 45.7 cm³/mol. The zero-order chi connectivity index (χ0) is 9.35. The molecule has 6 nitrogen and oxygen atoms in total. The van der Waals surface area contributed by atoms with Crippen LogP contribution in [0.4, 0.5) is 0 Å². The Morgan fingerprint density at radius 2 is 2.08 bits per heavy atom. The highest BCUT2D eigenvalue weighted by atomic mass is 16.3. The van der Waals surface area contributed by atoms with Crippen LogP contribution in [0.25, 0.3) is 0 Å². The van der Waals surface area contributed by atoms with Crippen molar-refractivity contribution < 1.29 is 5.11 Å². The summed E-state index contributed by atoms with van der Waals surface area (Å²) in [5, 5.41) is 16.6. The van der Waals surface area contributed by atoms with Crippen molar-refractivity contribution in [1.82, 2.24) is 4.90 Å². The summed E-state index contributed by atoms with van der Waals surface area (Å²) in [7, 11) is 0. The number of nitrogens with two attached hydrogens (primary N) is 2. The van der Waals surface area contributed by atoms with Crippen LogP contribution in [0.5, 0.6) is 0 Å². The van der Waals surface area contributed by atoms with E-state index in [9.17, 15) is 5.11 Å². The van der Waals surface area contributed by atoms with E-state index in [1.807, 2.05) is 0 Å². The van der Waals surface area contributed by atoms with Crippen LogP contribution in [0, 0.1) is 5.41 Å². The van der Waals surface area contributed by atoms with Gasteiger partial charge in [0.15, 0.2) is 5.96 Å². The van der Waals surface area contributed by atoms with Crippen molar-refractivity contribution in [3.05, 3.63) is 0 Å². The maximum absolute atomic E-state index is 9.32. The summed E-state index contributed by atoms with van der Waals surface area (Å²) in [5.41, 5.74) is 9.45. The number of hydrogen-bond acceptors (Lipinski definition) is 2. The SMILES string of the molecule is CC1(O)CN(C(=N)N=C(N)N)C1. The van der Waals surface area contributed by atoms with Crippen LogP contribution in [0.1, 0.15) is 6.92 Å². The lowest BCUT2D eigenvalue weighted by molar-refractivity contribution is -0.0505. The van der Waals surface area contributed by atoms with Gasteiger partial charge in [0.2, 0.25) is 5.96 Å². The molecule has 0 unspecified atom stereocenters. The molecule has 1 rings (SSSR count).